The van der Waals surface area contributed by atoms with Crippen LogP contribution in [0.2, 0.25) is 0 Å². The monoisotopic (exact) mass is 281 g/mol. The van der Waals surface area contributed by atoms with Crippen molar-refractivity contribution in [3.05, 3.63) is 48.6 Å². The number of aryl methyl sites for hydroxylation is 1. The minimum atomic E-state index is -3.54. The van der Waals surface area contributed by atoms with E-state index in [1.807, 2.05) is 30.3 Å². The molecule has 0 spiro atoms. The summed E-state index contributed by atoms with van der Waals surface area (Å²) >= 11 is 0. The Morgan fingerprint density at radius 1 is 1.32 bits per heavy atom. The topological polar surface area (TPSA) is 55.7 Å². The molecule has 0 atom stereocenters. The van der Waals surface area contributed by atoms with E-state index >= 15 is 0 Å². The van der Waals surface area contributed by atoms with Gasteiger partial charge in [-0.05, 0) is 31.2 Å². The van der Waals surface area contributed by atoms with Gasteiger partial charge in [0.2, 0.25) is 0 Å². The van der Waals surface area contributed by atoms with Gasteiger partial charge in [0, 0.05) is 0 Å². The van der Waals surface area contributed by atoms with Crippen molar-refractivity contribution in [1.82, 2.24) is 0 Å². The summed E-state index contributed by atoms with van der Waals surface area (Å²) in [6.07, 6.45) is 5.65. The van der Waals surface area contributed by atoms with Crippen LogP contribution < -0.4 is 0 Å². The van der Waals surface area contributed by atoms with Gasteiger partial charge in [-0.15, -0.1) is 6.58 Å². The van der Waals surface area contributed by atoms with Crippen LogP contribution in [0.15, 0.2) is 48.1 Å². The first kappa shape index (κ1) is 15.4. The molecule has 0 unspecified atom stereocenters. The molecule has 0 aliphatic rings. The van der Waals surface area contributed by atoms with Gasteiger partial charge in [0.15, 0.2) is 0 Å². The van der Waals surface area contributed by atoms with Gasteiger partial charge >= 0.3 is 10.1 Å². The van der Waals surface area contributed by atoms with E-state index in [0.717, 1.165) is 24.8 Å². The van der Waals surface area contributed by atoms with Crippen molar-refractivity contribution in [1.29, 1.82) is 0 Å². The molecule has 0 aliphatic heterocycles. The lowest BCUT2D eigenvalue weighted by Gasteiger charge is -2.05. The molecule has 1 aromatic rings. The van der Waals surface area contributed by atoms with Gasteiger partial charge in [-0.2, -0.15) is 8.42 Å². The second-order valence-electron chi connectivity index (χ2n) is 4.25. The highest BCUT2D eigenvalue weighted by Gasteiger charge is 2.05. The number of oxime groups is 1. The zero-order valence-electron chi connectivity index (χ0n) is 11.1. The van der Waals surface area contributed by atoms with Crippen LogP contribution >= 0.6 is 0 Å². The maximum Gasteiger partial charge on any atom is 0.325 e. The summed E-state index contributed by atoms with van der Waals surface area (Å²) in [5, 5.41) is 3.73. The molecule has 0 saturated heterocycles. The third kappa shape index (κ3) is 7.41. The van der Waals surface area contributed by atoms with E-state index in [2.05, 4.69) is 16.0 Å². The van der Waals surface area contributed by atoms with E-state index in [1.165, 1.54) is 5.56 Å². The molecule has 1 rings (SSSR count). The first-order chi connectivity index (χ1) is 9.01. The number of rotatable bonds is 8. The molecule has 5 heteroatoms. The largest absolute Gasteiger partial charge is 0.325 e. The molecule has 0 amide bonds. The normalized spacial score (nSPS) is 12.2. The van der Waals surface area contributed by atoms with E-state index in [-0.39, 0.29) is 0 Å². The Morgan fingerprint density at radius 3 is 2.58 bits per heavy atom. The minimum Gasteiger partial charge on any atom is -0.269 e. The van der Waals surface area contributed by atoms with Gasteiger partial charge in [0.1, 0.15) is 0 Å². The van der Waals surface area contributed by atoms with Gasteiger partial charge in [0.25, 0.3) is 0 Å². The molecule has 4 nitrogen and oxygen atoms in total. The molecule has 0 aliphatic carbocycles. The van der Waals surface area contributed by atoms with Crippen molar-refractivity contribution < 1.29 is 12.7 Å². The van der Waals surface area contributed by atoms with Crippen molar-refractivity contribution in [2.45, 2.75) is 25.7 Å². The predicted molar refractivity (Wildman–Crippen MR) is 77.6 cm³/mol. The second kappa shape index (κ2) is 7.74. The Labute approximate surface area is 114 Å². The average molecular weight is 281 g/mol. The first-order valence-electron chi connectivity index (χ1n) is 6.10. The van der Waals surface area contributed by atoms with Gasteiger partial charge in [-0.25, -0.2) is 0 Å². The van der Waals surface area contributed by atoms with Gasteiger partial charge in [-0.1, -0.05) is 41.6 Å². The molecule has 0 radical (unpaired) electrons. The first-order valence-corrected chi connectivity index (χ1v) is 7.92. The van der Waals surface area contributed by atoms with Crippen LogP contribution in [0.5, 0.6) is 0 Å². The summed E-state index contributed by atoms with van der Waals surface area (Å²) in [5.74, 6) is 0. The molecular formula is C14H19NO3S. The number of hydrogen-bond acceptors (Lipinski definition) is 4. The van der Waals surface area contributed by atoms with E-state index in [9.17, 15) is 8.42 Å². The van der Waals surface area contributed by atoms with Gasteiger partial charge in [0.05, 0.1) is 12.0 Å². The average Bonchev–Trinajstić information content (AvgIpc) is 2.38. The zero-order chi connectivity index (χ0) is 14.1. The molecule has 0 saturated carbocycles. The van der Waals surface area contributed by atoms with Crippen LogP contribution in [0.25, 0.3) is 0 Å². The standard InChI is InChI=1S/C14H19NO3S/c1-3-4-10-14(15-18-19(2,16)17)12-11-13-8-6-5-7-9-13/h3,5-9H,1,4,10-12H2,2H3/b15-14-. The summed E-state index contributed by atoms with van der Waals surface area (Å²) in [4.78, 5) is 0. The maximum absolute atomic E-state index is 10.9. The Hall–Kier alpha value is -1.62. The smallest absolute Gasteiger partial charge is 0.269 e. The van der Waals surface area contributed by atoms with Gasteiger partial charge < -0.3 is 0 Å². The summed E-state index contributed by atoms with van der Waals surface area (Å²) in [7, 11) is -3.54. The molecule has 104 valence electrons. The van der Waals surface area contributed by atoms with Crippen LogP contribution in [-0.2, 0) is 20.8 Å². The summed E-state index contributed by atoms with van der Waals surface area (Å²) < 4.78 is 26.4. The molecule has 0 heterocycles. The van der Waals surface area contributed by atoms with Gasteiger partial charge in [-0.3, -0.25) is 4.28 Å². The Bertz CT molecular complexity index is 521. The third-order valence-corrected chi connectivity index (χ3v) is 2.83. The van der Waals surface area contributed by atoms with Crippen molar-refractivity contribution in [3.63, 3.8) is 0 Å². The van der Waals surface area contributed by atoms with Crippen LogP contribution in [-0.4, -0.2) is 20.4 Å². The quantitative estimate of drug-likeness (QED) is 0.418. The number of hydrogen-bond donors (Lipinski definition) is 0. The molecular weight excluding hydrogens is 262 g/mol. The summed E-state index contributed by atoms with van der Waals surface area (Å²) in [6.45, 7) is 3.65. The fourth-order valence-corrected chi connectivity index (χ4v) is 1.78. The molecule has 0 aromatic heterocycles. The predicted octanol–water partition coefficient (Wildman–Crippen LogP) is 2.92. The minimum absolute atomic E-state index is 0.659. The maximum atomic E-state index is 10.9. The van der Waals surface area contributed by atoms with E-state index < -0.39 is 10.1 Å². The van der Waals surface area contributed by atoms with Crippen LogP contribution in [0.4, 0.5) is 0 Å². The Kier molecular flexibility index (Phi) is 6.29. The highest BCUT2D eigenvalue weighted by Crippen LogP contribution is 2.08. The Balaban J connectivity index is 2.61. The molecule has 19 heavy (non-hydrogen) atoms. The fraction of sp³-hybridized carbons (Fsp3) is 0.357. The van der Waals surface area contributed by atoms with E-state index in [0.29, 0.717) is 12.8 Å². The third-order valence-electron chi connectivity index (χ3n) is 2.48. The zero-order valence-corrected chi connectivity index (χ0v) is 11.9. The number of allylic oxidation sites excluding steroid dienone is 1. The SMILES string of the molecule is C=CCC/C(CCc1ccccc1)=N/OS(C)(=O)=O. The van der Waals surface area contributed by atoms with Crippen LogP contribution in [0.3, 0.4) is 0 Å². The summed E-state index contributed by atoms with van der Waals surface area (Å²) in [5.41, 5.74) is 1.92. The van der Waals surface area contributed by atoms with Crippen LogP contribution in [0, 0.1) is 0 Å². The lowest BCUT2D eigenvalue weighted by atomic mass is 10.0. The molecule has 0 N–H and O–H groups in total. The van der Waals surface area contributed by atoms with Crippen LogP contribution in [0.1, 0.15) is 24.8 Å². The van der Waals surface area contributed by atoms with Crippen molar-refractivity contribution in [3.8, 4) is 0 Å². The summed E-state index contributed by atoms with van der Waals surface area (Å²) in [6, 6.07) is 9.97. The van der Waals surface area contributed by atoms with Crippen molar-refractivity contribution >= 4 is 15.8 Å². The van der Waals surface area contributed by atoms with E-state index in [4.69, 9.17) is 0 Å². The van der Waals surface area contributed by atoms with Crippen molar-refractivity contribution in [2.75, 3.05) is 6.26 Å². The molecule has 0 bridgehead atoms. The highest BCUT2D eigenvalue weighted by molar-refractivity contribution is 7.85. The highest BCUT2D eigenvalue weighted by atomic mass is 32.2. The second-order valence-corrected chi connectivity index (χ2v) is 5.81. The Morgan fingerprint density at radius 2 is 2.00 bits per heavy atom. The molecule has 0 fully saturated rings. The fourth-order valence-electron chi connectivity index (χ4n) is 1.54. The molecule has 1 aromatic carbocycles. The lowest BCUT2D eigenvalue weighted by molar-refractivity contribution is 0.340. The van der Waals surface area contributed by atoms with E-state index in [1.54, 1.807) is 6.08 Å². The number of benzene rings is 1. The van der Waals surface area contributed by atoms with Crippen molar-refractivity contribution in [2.24, 2.45) is 5.16 Å². The number of nitrogens with zero attached hydrogens (tertiary/aromatic N) is 1. The lowest BCUT2D eigenvalue weighted by Crippen LogP contribution is -2.05.